The lowest BCUT2D eigenvalue weighted by Gasteiger charge is -2.44. The number of rotatable bonds is 4. The van der Waals surface area contributed by atoms with Crippen molar-refractivity contribution >= 4 is 12.0 Å². The Balaban J connectivity index is 1.81. The lowest BCUT2D eigenvalue weighted by molar-refractivity contribution is -0.143. The van der Waals surface area contributed by atoms with Crippen molar-refractivity contribution in [2.75, 3.05) is 39.3 Å². The van der Waals surface area contributed by atoms with Crippen LogP contribution in [-0.4, -0.2) is 77.6 Å². The molecule has 132 valence electrons. The zero-order valence-electron chi connectivity index (χ0n) is 15.0. The van der Waals surface area contributed by atoms with Crippen LogP contribution in [0.15, 0.2) is 0 Å². The van der Waals surface area contributed by atoms with Gasteiger partial charge in [0.05, 0.1) is 0 Å². The van der Waals surface area contributed by atoms with E-state index in [1.54, 1.807) is 4.90 Å². The molecule has 0 N–H and O–H groups in total. The highest BCUT2D eigenvalue weighted by molar-refractivity contribution is 5.87. The average Bonchev–Trinajstić information content (AvgIpc) is 2.42. The second-order valence-corrected chi connectivity index (χ2v) is 7.50. The summed E-state index contributed by atoms with van der Waals surface area (Å²) in [7, 11) is 0. The number of ether oxygens (including phenoxy) is 1. The minimum absolute atomic E-state index is 0.0808. The first-order valence-electron chi connectivity index (χ1n) is 8.82. The summed E-state index contributed by atoms with van der Waals surface area (Å²) in [6.07, 6.45) is 2.78. The molecule has 2 aliphatic rings. The Morgan fingerprint density at radius 2 is 1.74 bits per heavy atom. The van der Waals surface area contributed by atoms with Crippen molar-refractivity contribution in [3.63, 3.8) is 0 Å². The molecule has 6 heteroatoms. The summed E-state index contributed by atoms with van der Waals surface area (Å²) in [5.74, 6) is 0.0808. The molecule has 2 fully saturated rings. The largest absolute Gasteiger partial charge is 0.444 e. The number of hydrogen-bond acceptors (Lipinski definition) is 4. The number of unbranched alkanes of at least 4 members (excludes halogenated alkanes) is 1. The number of carbonyl (C=O) groups is 2. The van der Waals surface area contributed by atoms with Crippen LogP contribution in [-0.2, 0) is 9.53 Å². The maximum atomic E-state index is 12.6. The van der Waals surface area contributed by atoms with Gasteiger partial charge in [-0.15, -0.1) is 0 Å². The van der Waals surface area contributed by atoms with Crippen molar-refractivity contribution in [2.45, 2.75) is 58.6 Å². The zero-order valence-corrected chi connectivity index (χ0v) is 15.0. The predicted octanol–water partition coefficient (Wildman–Crippen LogP) is 1.94. The van der Waals surface area contributed by atoms with E-state index in [0.29, 0.717) is 6.54 Å². The molecule has 0 aromatic rings. The van der Waals surface area contributed by atoms with Gasteiger partial charge in [0.2, 0.25) is 5.91 Å². The van der Waals surface area contributed by atoms with E-state index in [4.69, 9.17) is 4.74 Å². The third-order valence-electron chi connectivity index (χ3n) is 4.44. The molecule has 0 aromatic heterocycles. The quantitative estimate of drug-likeness (QED) is 0.793. The van der Waals surface area contributed by atoms with Crippen LogP contribution < -0.4 is 0 Å². The number of amides is 2. The molecule has 2 saturated heterocycles. The molecular weight excluding hydrogens is 294 g/mol. The van der Waals surface area contributed by atoms with Crippen molar-refractivity contribution < 1.29 is 14.3 Å². The van der Waals surface area contributed by atoms with E-state index in [1.165, 1.54) is 12.8 Å². The molecule has 0 radical (unpaired) electrons. The van der Waals surface area contributed by atoms with Crippen molar-refractivity contribution in [2.24, 2.45) is 0 Å². The maximum Gasteiger partial charge on any atom is 0.410 e. The lowest BCUT2D eigenvalue weighted by Crippen LogP contribution is -2.62. The van der Waals surface area contributed by atoms with Crippen LogP contribution in [0.2, 0.25) is 0 Å². The van der Waals surface area contributed by atoms with Gasteiger partial charge in [0, 0.05) is 32.7 Å². The van der Waals surface area contributed by atoms with Crippen molar-refractivity contribution in [3.05, 3.63) is 0 Å². The molecule has 23 heavy (non-hydrogen) atoms. The summed E-state index contributed by atoms with van der Waals surface area (Å²) in [5, 5.41) is 0. The van der Waals surface area contributed by atoms with E-state index in [0.717, 1.165) is 39.1 Å². The van der Waals surface area contributed by atoms with E-state index < -0.39 is 5.60 Å². The molecule has 0 spiro atoms. The Morgan fingerprint density at radius 3 is 2.22 bits per heavy atom. The molecule has 2 amide bonds. The van der Waals surface area contributed by atoms with Gasteiger partial charge in [0.15, 0.2) is 0 Å². The third-order valence-corrected chi connectivity index (χ3v) is 4.44. The molecular formula is C17H31N3O3. The van der Waals surface area contributed by atoms with Crippen LogP contribution in [0.4, 0.5) is 4.79 Å². The summed E-state index contributed by atoms with van der Waals surface area (Å²) in [5.41, 5.74) is -0.523. The summed E-state index contributed by atoms with van der Waals surface area (Å²) in [6.45, 7) is 12.9. The van der Waals surface area contributed by atoms with Crippen LogP contribution >= 0.6 is 0 Å². The first-order valence-corrected chi connectivity index (χ1v) is 8.82. The molecule has 1 atom stereocenters. The molecule has 0 aliphatic carbocycles. The van der Waals surface area contributed by atoms with E-state index in [1.807, 2.05) is 25.7 Å². The van der Waals surface area contributed by atoms with Crippen LogP contribution in [0.3, 0.4) is 0 Å². The highest BCUT2D eigenvalue weighted by atomic mass is 16.6. The van der Waals surface area contributed by atoms with Gasteiger partial charge in [-0.05, 0) is 40.2 Å². The first kappa shape index (κ1) is 18.0. The van der Waals surface area contributed by atoms with Gasteiger partial charge in [0.25, 0.3) is 0 Å². The smallest absolute Gasteiger partial charge is 0.410 e. The van der Waals surface area contributed by atoms with Gasteiger partial charge in [-0.3, -0.25) is 14.6 Å². The number of piperazine rings is 1. The van der Waals surface area contributed by atoms with Crippen LogP contribution in [0.1, 0.15) is 47.0 Å². The highest BCUT2D eigenvalue weighted by Gasteiger charge is 2.42. The van der Waals surface area contributed by atoms with E-state index in [-0.39, 0.29) is 18.0 Å². The first-order chi connectivity index (χ1) is 10.8. The van der Waals surface area contributed by atoms with Gasteiger partial charge < -0.3 is 9.64 Å². The van der Waals surface area contributed by atoms with Gasteiger partial charge >= 0.3 is 6.09 Å². The Hall–Kier alpha value is -1.30. The fourth-order valence-electron chi connectivity index (χ4n) is 2.97. The monoisotopic (exact) mass is 325 g/mol. The number of nitrogens with zero attached hydrogens (tertiary/aromatic N) is 3. The van der Waals surface area contributed by atoms with E-state index in [2.05, 4.69) is 11.8 Å². The van der Waals surface area contributed by atoms with Gasteiger partial charge in [-0.25, -0.2) is 4.79 Å². The highest BCUT2D eigenvalue weighted by Crippen LogP contribution is 2.23. The second kappa shape index (κ2) is 7.51. The molecule has 6 nitrogen and oxygen atoms in total. The topological polar surface area (TPSA) is 53.1 Å². The number of hydrogen-bond donors (Lipinski definition) is 0. The van der Waals surface area contributed by atoms with Crippen LogP contribution in [0.25, 0.3) is 0 Å². The SMILES string of the molecule is CCCCN1CCN(C(=O)[C@@H]2CCN2C(=O)OC(C)(C)C)CC1. The Kier molecular flexibility index (Phi) is 5.89. The van der Waals surface area contributed by atoms with Crippen molar-refractivity contribution in [1.29, 1.82) is 0 Å². The van der Waals surface area contributed by atoms with Crippen LogP contribution in [0.5, 0.6) is 0 Å². The molecule has 2 aliphatic heterocycles. The van der Waals surface area contributed by atoms with E-state index in [9.17, 15) is 9.59 Å². The summed E-state index contributed by atoms with van der Waals surface area (Å²) in [4.78, 5) is 30.7. The maximum absolute atomic E-state index is 12.6. The Bertz CT molecular complexity index is 425. The molecule has 0 unspecified atom stereocenters. The minimum Gasteiger partial charge on any atom is -0.444 e. The normalized spacial score (nSPS) is 22.7. The standard InChI is InChI=1S/C17H31N3O3/c1-5-6-8-18-10-12-19(13-11-18)15(21)14-7-9-20(14)16(22)23-17(2,3)4/h14H,5-13H2,1-4H3/t14-/m0/s1. The summed E-state index contributed by atoms with van der Waals surface area (Å²) in [6, 6.07) is -0.327. The fraction of sp³-hybridized carbons (Fsp3) is 0.882. The predicted molar refractivity (Wildman–Crippen MR) is 89.3 cm³/mol. The molecule has 0 saturated carbocycles. The fourth-order valence-corrected chi connectivity index (χ4v) is 2.97. The second-order valence-electron chi connectivity index (χ2n) is 7.50. The number of likely N-dealkylation sites (tertiary alicyclic amines) is 1. The summed E-state index contributed by atoms with van der Waals surface area (Å²) < 4.78 is 5.38. The van der Waals surface area contributed by atoms with E-state index >= 15 is 0 Å². The van der Waals surface area contributed by atoms with Crippen molar-refractivity contribution in [3.8, 4) is 0 Å². The minimum atomic E-state index is -0.523. The van der Waals surface area contributed by atoms with Crippen molar-refractivity contribution in [1.82, 2.24) is 14.7 Å². The number of carbonyl (C=O) groups excluding carboxylic acids is 2. The molecule has 0 aromatic carbocycles. The average molecular weight is 325 g/mol. The van der Waals surface area contributed by atoms with Gasteiger partial charge in [-0.2, -0.15) is 0 Å². The Labute approximate surface area is 139 Å². The van der Waals surface area contributed by atoms with Gasteiger partial charge in [0.1, 0.15) is 11.6 Å². The van der Waals surface area contributed by atoms with Crippen LogP contribution in [0, 0.1) is 0 Å². The third kappa shape index (κ3) is 4.83. The zero-order chi connectivity index (χ0) is 17.0. The lowest BCUT2D eigenvalue weighted by atomic mass is 10.0. The Morgan fingerprint density at radius 1 is 1.09 bits per heavy atom. The van der Waals surface area contributed by atoms with Gasteiger partial charge in [-0.1, -0.05) is 13.3 Å². The molecule has 2 rings (SSSR count). The molecule has 2 heterocycles. The summed E-state index contributed by atoms with van der Waals surface area (Å²) >= 11 is 0. The molecule has 0 bridgehead atoms.